The fourth-order valence-electron chi connectivity index (χ4n) is 2.59. The molecular formula is C20H23BrN2O4. The lowest BCUT2D eigenvalue weighted by Crippen LogP contribution is -2.41. The summed E-state index contributed by atoms with van der Waals surface area (Å²) >= 11 is 3.40. The van der Waals surface area contributed by atoms with Crippen molar-refractivity contribution >= 4 is 27.7 Å². The van der Waals surface area contributed by atoms with Crippen LogP contribution in [-0.2, 0) is 11.2 Å². The van der Waals surface area contributed by atoms with E-state index >= 15 is 0 Å². The predicted molar refractivity (Wildman–Crippen MR) is 107 cm³/mol. The van der Waals surface area contributed by atoms with Crippen LogP contribution in [0.3, 0.4) is 0 Å². The van der Waals surface area contributed by atoms with Crippen molar-refractivity contribution in [3.63, 3.8) is 0 Å². The molecule has 0 aliphatic heterocycles. The van der Waals surface area contributed by atoms with Gasteiger partial charge in [0.15, 0.2) is 11.5 Å². The maximum Gasteiger partial charge on any atom is 0.251 e. The molecule has 0 fully saturated rings. The van der Waals surface area contributed by atoms with E-state index in [1.54, 1.807) is 18.2 Å². The van der Waals surface area contributed by atoms with Gasteiger partial charge in [-0.05, 0) is 49.2 Å². The Hall–Kier alpha value is -2.54. The Labute approximate surface area is 167 Å². The van der Waals surface area contributed by atoms with Crippen molar-refractivity contribution in [1.82, 2.24) is 10.6 Å². The van der Waals surface area contributed by atoms with E-state index in [4.69, 9.17) is 9.47 Å². The van der Waals surface area contributed by atoms with Gasteiger partial charge in [-0.2, -0.15) is 0 Å². The molecule has 144 valence electrons. The van der Waals surface area contributed by atoms with Crippen LogP contribution in [-0.4, -0.2) is 38.6 Å². The number of hydrogen-bond donors (Lipinski definition) is 2. The maximum atomic E-state index is 12.2. The smallest absolute Gasteiger partial charge is 0.251 e. The number of hydrogen-bond acceptors (Lipinski definition) is 4. The summed E-state index contributed by atoms with van der Waals surface area (Å²) in [5.74, 6) is 0.395. The highest BCUT2D eigenvalue weighted by Gasteiger charge is 2.13. The first-order valence-electron chi connectivity index (χ1n) is 8.47. The van der Waals surface area contributed by atoms with Crippen LogP contribution in [0.25, 0.3) is 0 Å². The molecule has 0 aromatic heterocycles. The Bertz CT molecular complexity index is 793. The van der Waals surface area contributed by atoms with Crippen LogP contribution in [0, 0.1) is 0 Å². The van der Waals surface area contributed by atoms with E-state index in [-0.39, 0.29) is 24.4 Å². The molecule has 2 aromatic carbocycles. The molecule has 0 saturated carbocycles. The third-order valence-corrected chi connectivity index (χ3v) is 4.45. The number of rotatable bonds is 8. The van der Waals surface area contributed by atoms with Crippen LogP contribution in [0.2, 0.25) is 0 Å². The van der Waals surface area contributed by atoms with Gasteiger partial charge in [-0.25, -0.2) is 0 Å². The number of carbonyl (C=O) groups excluding carboxylic acids is 2. The van der Waals surface area contributed by atoms with Crippen LogP contribution in [0.15, 0.2) is 46.9 Å². The quantitative estimate of drug-likeness (QED) is 0.669. The molecule has 0 saturated heterocycles. The molecule has 1 unspecified atom stereocenters. The zero-order chi connectivity index (χ0) is 19.8. The van der Waals surface area contributed by atoms with Crippen LogP contribution < -0.4 is 20.1 Å². The molecule has 2 amide bonds. The number of halogens is 1. The van der Waals surface area contributed by atoms with Gasteiger partial charge in [0.1, 0.15) is 0 Å². The average molecular weight is 435 g/mol. The Balaban J connectivity index is 1.83. The topological polar surface area (TPSA) is 76.7 Å². The molecule has 27 heavy (non-hydrogen) atoms. The summed E-state index contributed by atoms with van der Waals surface area (Å²) in [6, 6.07) is 12.7. The first kappa shape index (κ1) is 20.8. The zero-order valence-electron chi connectivity index (χ0n) is 15.5. The van der Waals surface area contributed by atoms with Crippen LogP contribution in [0.4, 0.5) is 0 Å². The van der Waals surface area contributed by atoms with Gasteiger partial charge in [0.25, 0.3) is 5.91 Å². The number of ether oxygens (including phenoxy) is 2. The van der Waals surface area contributed by atoms with Gasteiger partial charge in [-0.15, -0.1) is 0 Å². The predicted octanol–water partition coefficient (Wildman–Crippen LogP) is 2.94. The normalized spacial score (nSPS) is 11.4. The van der Waals surface area contributed by atoms with Crippen molar-refractivity contribution < 1.29 is 19.1 Å². The molecule has 6 nitrogen and oxygen atoms in total. The highest BCUT2D eigenvalue weighted by Crippen LogP contribution is 2.27. The van der Waals surface area contributed by atoms with E-state index in [0.29, 0.717) is 23.5 Å². The number of amides is 2. The summed E-state index contributed by atoms with van der Waals surface area (Å²) < 4.78 is 11.3. The molecule has 2 N–H and O–H groups in total. The lowest BCUT2D eigenvalue weighted by Gasteiger charge is -2.15. The number of methoxy groups -OCH3 is 2. The summed E-state index contributed by atoms with van der Waals surface area (Å²) in [5, 5.41) is 5.49. The maximum absolute atomic E-state index is 12.2. The second-order valence-corrected chi connectivity index (χ2v) is 6.97. The summed E-state index contributed by atoms with van der Waals surface area (Å²) in [4.78, 5) is 24.3. The standard InChI is InChI=1S/C20H23BrN2O4/c1-13(10-14-4-7-16(21)8-5-14)23-19(24)12-22-20(25)15-6-9-17(26-2)18(11-15)27-3/h4-9,11,13H,10,12H2,1-3H3,(H,22,25)(H,23,24). The Morgan fingerprint density at radius 3 is 2.33 bits per heavy atom. The molecule has 0 heterocycles. The van der Waals surface area contributed by atoms with Crippen LogP contribution >= 0.6 is 15.9 Å². The van der Waals surface area contributed by atoms with E-state index < -0.39 is 0 Å². The molecule has 0 radical (unpaired) electrons. The number of nitrogens with one attached hydrogen (secondary N) is 2. The second-order valence-electron chi connectivity index (χ2n) is 6.05. The van der Waals surface area contributed by atoms with Crippen molar-refractivity contribution in [3.05, 3.63) is 58.1 Å². The van der Waals surface area contributed by atoms with Crippen LogP contribution in [0.5, 0.6) is 11.5 Å². The minimum atomic E-state index is -0.355. The first-order valence-corrected chi connectivity index (χ1v) is 9.26. The van der Waals surface area contributed by atoms with Gasteiger partial charge in [-0.3, -0.25) is 9.59 Å². The highest BCUT2D eigenvalue weighted by atomic mass is 79.9. The largest absolute Gasteiger partial charge is 0.493 e. The third kappa shape index (κ3) is 6.29. The lowest BCUT2D eigenvalue weighted by atomic mass is 10.1. The minimum Gasteiger partial charge on any atom is -0.493 e. The molecule has 0 aliphatic carbocycles. The molecule has 0 bridgehead atoms. The Morgan fingerprint density at radius 1 is 1.04 bits per heavy atom. The minimum absolute atomic E-state index is 0.0448. The number of benzene rings is 2. The summed E-state index contributed by atoms with van der Waals surface area (Å²) in [6.07, 6.45) is 0.711. The van der Waals surface area contributed by atoms with E-state index in [1.807, 2.05) is 31.2 Å². The summed E-state index contributed by atoms with van der Waals surface area (Å²) in [6.45, 7) is 1.83. The van der Waals surface area contributed by atoms with Gasteiger partial charge in [0, 0.05) is 16.1 Å². The summed E-state index contributed by atoms with van der Waals surface area (Å²) in [7, 11) is 3.02. The van der Waals surface area contributed by atoms with Crippen molar-refractivity contribution in [2.24, 2.45) is 0 Å². The molecular weight excluding hydrogens is 412 g/mol. The molecule has 0 spiro atoms. The van der Waals surface area contributed by atoms with Crippen molar-refractivity contribution in [3.8, 4) is 11.5 Å². The van der Waals surface area contributed by atoms with Crippen LogP contribution in [0.1, 0.15) is 22.8 Å². The van der Waals surface area contributed by atoms with Gasteiger partial charge >= 0.3 is 0 Å². The molecule has 1 atom stereocenters. The monoisotopic (exact) mass is 434 g/mol. The number of carbonyl (C=O) groups is 2. The van der Waals surface area contributed by atoms with E-state index in [0.717, 1.165) is 10.0 Å². The fourth-order valence-corrected chi connectivity index (χ4v) is 2.86. The van der Waals surface area contributed by atoms with E-state index in [9.17, 15) is 9.59 Å². The third-order valence-electron chi connectivity index (χ3n) is 3.92. The summed E-state index contributed by atoms with van der Waals surface area (Å²) in [5.41, 5.74) is 1.52. The fraction of sp³-hybridized carbons (Fsp3) is 0.300. The SMILES string of the molecule is COc1ccc(C(=O)NCC(=O)NC(C)Cc2ccc(Br)cc2)cc1OC. The van der Waals surface area contributed by atoms with Crippen molar-refractivity contribution in [2.75, 3.05) is 20.8 Å². The van der Waals surface area contributed by atoms with Crippen molar-refractivity contribution in [1.29, 1.82) is 0 Å². The van der Waals surface area contributed by atoms with Gasteiger partial charge < -0.3 is 20.1 Å². The van der Waals surface area contributed by atoms with Gasteiger partial charge in [0.2, 0.25) is 5.91 Å². The van der Waals surface area contributed by atoms with Gasteiger partial charge in [0.05, 0.1) is 20.8 Å². The second kappa shape index (κ2) is 9.97. The Morgan fingerprint density at radius 2 is 1.70 bits per heavy atom. The molecule has 2 rings (SSSR count). The molecule has 0 aliphatic rings. The molecule has 2 aromatic rings. The zero-order valence-corrected chi connectivity index (χ0v) is 17.1. The van der Waals surface area contributed by atoms with E-state index in [1.165, 1.54) is 14.2 Å². The van der Waals surface area contributed by atoms with Crippen molar-refractivity contribution in [2.45, 2.75) is 19.4 Å². The average Bonchev–Trinajstić information content (AvgIpc) is 2.67. The van der Waals surface area contributed by atoms with E-state index in [2.05, 4.69) is 26.6 Å². The highest BCUT2D eigenvalue weighted by molar-refractivity contribution is 9.10. The lowest BCUT2D eigenvalue weighted by molar-refractivity contribution is -0.120. The van der Waals surface area contributed by atoms with Gasteiger partial charge in [-0.1, -0.05) is 28.1 Å². The first-order chi connectivity index (χ1) is 12.9. The molecule has 7 heteroatoms. The Kier molecular flexibility index (Phi) is 7.67.